The molecule has 1 heterocycles. The topological polar surface area (TPSA) is 67.6 Å². The minimum atomic E-state index is -0.171. The summed E-state index contributed by atoms with van der Waals surface area (Å²) in [7, 11) is 0. The highest BCUT2D eigenvalue weighted by Gasteiger charge is 2.10. The van der Waals surface area contributed by atoms with Gasteiger partial charge in [-0.05, 0) is 35.1 Å². The van der Waals surface area contributed by atoms with Gasteiger partial charge in [-0.2, -0.15) is 0 Å². The number of halogens is 2. The normalized spacial score (nSPS) is 13.9. The van der Waals surface area contributed by atoms with E-state index < -0.39 is 0 Å². The second-order valence-electron chi connectivity index (χ2n) is 6.77. The molecular weight excluding hydrogens is 397 g/mol. The lowest BCUT2D eigenvalue weighted by Gasteiger charge is -2.26. The predicted octanol–water partition coefficient (Wildman–Crippen LogP) is 2.68. The van der Waals surface area contributed by atoms with E-state index in [0.29, 0.717) is 6.42 Å². The molecule has 1 aliphatic rings. The van der Waals surface area contributed by atoms with Crippen LogP contribution in [0.4, 0.5) is 0 Å². The van der Waals surface area contributed by atoms with Crippen molar-refractivity contribution in [2.75, 3.05) is 26.3 Å². The Hall–Kier alpha value is -1.63. The van der Waals surface area contributed by atoms with Gasteiger partial charge in [0.25, 0.3) is 0 Å². The van der Waals surface area contributed by atoms with Gasteiger partial charge in [-0.25, -0.2) is 5.84 Å². The fourth-order valence-electron chi connectivity index (χ4n) is 3.18. The molecule has 1 fully saturated rings. The molecule has 0 spiro atoms. The van der Waals surface area contributed by atoms with Crippen LogP contribution in [0.1, 0.15) is 22.3 Å². The van der Waals surface area contributed by atoms with Crippen molar-refractivity contribution in [1.29, 1.82) is 0 Å². The number of hydrogen-bond donors (Lipinski definition) is 2. The first-order chi connectivity index (χ1) is 12.7. The molecule has 0 saturated carbocycles. The zero-order valence-electron chi connectivity index (χ0n) is 15.9. The van der Waals surface area contributed by atoms with Crippen LogP contribution in [-0.4, -0.2) is 37.1 Å². The van der Waals surface area contributed by atoms with Gasteiger partial charge in [-0.15, -0.1) is 24.8 Å². The van der Waals surface area contributed by atoms with Gasteiger partial charge in [-0.3, -0.25) is 15.1 Å². The van der Waals surface area contributed by atoms with Crippen LogP contribution >= 0.6 is 24.8 Å². The van der Waals surface area contributed by atoms with Crippen LogP contribution in [0, 0.1) is 0 Å². The van der Waals surface area contributed by atoms with Crippen LogP contribution in [0.2, 0.25) is 0 Å². The molecule has 0 unspecified atom stereocenters. The third-order valence-corrected chi connectivity index (χ3v) is 4.78. The number of nitrogens with two attached hydrogens (primary N) is 1. The molecule has 3 N–H and O–H groups in total. The molecule has 2 aromatic carbocycles. The summed E-state index contributed by atoms with van der Waals surface area (Å²) in [5.74, 6) is 4.95. The number of carbonyl (C=O) groups is 1. The number of benzene rings is 2. The van der Waals surface area contributed by atoms with Crippen LogP contribution in [0.25, 0.3) is 0 Å². The predicted molar refractivity (Wildman–Crippen MR) is 117 cm³/mol. The highest BCUT2D eigenvalue weighted by Crippen LogP contribution is 2.13. The van der Waals surface area contributed by atoms with Gasteiger partial charge in [0.15, 0.2) is 0 Å². The fourth-order valence-corrected chi connectivity index (χ4v) is 3.18. The zero-order chi connectivity index (χ0) is 18.2. The number of nitrogens with one attached hydrogen (secondary N) is 1. The molecule has 5 nitrogen and oxygen atoms in total. The molecule has 0 atom stereocenters. The maximum absolute atomic E-state index is 11.3. The minimum Gasteiger partial charge on any atom is -0.379 e. The smallest absolute Gasteiger partial charge is 0.238 e. The lowest BCUT2D eigenvalue weighted by molar-refractivity contribution is -0.120. The molecular formula is C21H29Cl2N3O2. The fraction of sp³-hybridized carbons (Fsp3) is 0.381. The van der Waals surface area contributed by atoms with E-state index in [9.17, 15) is 4.79 Å². The van der Waals surface area contributed by atoms with Crippen molar-refractivity contribution in [3.63, 3.8) is 0 Å². The number of hydrogen-bond acceptors (Lipinski definition) is 4. The lowest BCUT2D eigenvalue weighted by Crippen LogP contribution is -2.35. The van der Waals surface area contributed by atoms with Crippen LogP contribution < -0.4 is 11.3 Å². The molecule has 0 aromatic heterocycles. The number of carbonyl (C=O) groups excluding carboxylic acids is 1. The highest BCUT2D eigenvalue weighted by atomic mass is 35.5. The molecule has 0 bridgehead atoms. The molecule has 7 heteroatoms. The summed E-state index contributed by atoms with van der Waals surface area (Å²) in [6.07, 6.45) is 2.33. The van der Waals surface area contributed by atoms with Gasteiger partial charge < -0.3 is 4.74 Å². The number of nitrogens with zero attached hydrogens (tertiary/aromatic N) is 1. The largest absolute Gasteiger partial charge is 0.379 e. The van der Waals surface area contributed by atoms with Crippen LogP contribution in [0.3, 0.4) is 0 Å². The van der Waals surface area contributed by atoms with E-state index in [1.54, 1.807) is 0 Å². The lowest BCUT2D eigenvalue weighted by atomic mass is 10.0. The van der Waals surface area contributed by atoms with Crippen molar-refractivity contribution in [2.24, 2.45) is 5.84 Å². The Kier molecular flexibility index (Phi) is 11.1. The number of aryl methyl sites for hydroxylation is 2. The maximum Gasteiger partial charge on any atom is 0.238 e. The molecule has 2 aromatic rings. The van der Waals surface area contributed by atoms with Gasteiger partial charge in [0.1, 0.15) is 0 Å². The molecule has 28 heavy (non-hydrogen) atoms. The second kappa shape index (κ2) is 12.8. The van der Waals surface area contributed by atoms with Gasteiger partial charge >= 0.3 is 0 Å². The quantitative estimate of drug-likeness (QED) is 0.406. The Labute approximate surface area is 179 Å². The van der Waals surface area contributed by atoms with Gasteiger partial charge in [0.2, 0.25) is 5.91 Å². The summed E-state index contributed by atoms with van der Waals surface area (Å²) in [5.41, 5.74) is 7.12. The van der Waals surface area contributed by atoms with E-state index in [4.69, 9.17) is 10.6 Å². The monoisotopic (exact) mass is 425 g/mol. The molecule has 1 aliphatic heterocycles. The summed E-state index contributed by atoms with van der Waals surface area (Å²) in [6.45, 7) is 4.72. The van der Waals surface area contributed by atoms with E-state index in [-0.39, 0.29) is 30.7 Å². The Bertz CT molecular complexity index is 703. The van der Waals surface area contributed by atoms with Gasteiger partial charge in [0.05, 0.1) is 19.6 Å². The standard InChI is InChI=1S/C21H27N3O2.2ClH/c22-23-21(25)15-19-7-3-17(4-8-19)1-2-18-5-9-20(10-6-18)16-24-11-13-26-14-12-24;;/h3-10H,1-2,11-16,22H2,(H,23,25);2*1H. The number of morpholine rings is 1. The SMILES string of the molecule is Cl.Cl.NNC(=O)Cc1ccc(CCc2ccc(CN3CCOCC3)cc2)cc1. The Morgan fingerprint density at radius 2 is 1.32 bits per heavy atom. The van der Waals surface area contributed by atoms with Crippen LogP contribution in [-0.2, 0) is 35.3 Å². The Morgan fingerprint density at radius 1 is 0.857 bits per heavy atom. The number of rotatable bonds is 7. The molecule has 0 aliphatic carbocycles. The first-order valence-electron chi connectivity index (χ1n) is 9.18. The molecule has 1 saturated heterocycles. The Morgan fingerprint density at radius 3 is 1.82 bits per heavy atom. The Balaban J connectivity index is 0.00000196. The van der Waals surface area contributed by atoms with Crippen molar-refractivity contribution in [1.82, 2.24) is 10.3 Å². The first kappa shape index (κ1) is 24.4. The van der Waals surface area contributed by atoms with Gasteiger partial charge in [-0.1, -0.05) is 48.5 Å². The average molecular weight is 426 g/mol. The number of amides is 1. The first-order valence-corrected chi connectivity index (χ1v) is 9.18. The van der Waals surface area contributed by atoms with Crippen LogP contribution in [0.15, 0.2) is 48.5 Å². The summed E-state index contributed by atoms with van der Waals surface area (Å²) in [6, 6.07) is 17.1. The average Bonchev–Trinajstić information content (AvgIpc) is 2.69. The molecule has 3 rings (SSSR count). The summed E-state index contributed by atoms with van der Waals surface area (Å²) in [4.78, 5) is 13.7. The summed E-state index contributed by atoms with van der Waals surface area (Å²) in [5, 5.41) is 0. The molecule has 0 radical (unpaired) electrons. The van der Waals surface area contributed by atoms with E-state index in [1.807, 2.05) is 12.1 Å². The summed E-state index contributed by atoms with van der Waals surface area (Å²) < 4.78 is 5.40. The zero-order valence-corrected chi connectivity index (χ0v) is 17.6. The minimum absolute atomic E-state index is 0. The third kappa shape index (κ3) is 7.78. The van der Waals surface area contributed by atoms with Crippen molar-refractivity contribution >= 4 is 30.7 Å². The van der Waals surface area contributed by atoms with Crippen molar-refractivity contribution in [2.45, 2.75) is 25.8 Å². The molecule has 154 valence electrons. The van der Waals surface area contributed by atoms with Crippen molar-refractivity contribution in [3.05, 3.63) is 70.8 Å². The summed E-state index contributed by atoms with van der Waals surface area (Å²) >= 11 is 0. The highest BCUT2D eigenvalue weighted by molar-refractivity contribution is 5.85. The van der Waals surface area contributed by atoms with Crippen molar-refractivity contribution in [3.8, 4) is 0 Å². The van der Waals surface area contributed by atoms with E-state index in [2.05, 4.69) is 46.7 Å². The second-order valence-corrected chi connectivity index (χ2v) is 6.77. The molecule has 1 amide bonds. The van der Waals surface area contributed by atoms with E-state index in [1.165, 1.54) is 16.7 Å². The number of hydrazine groups is 1. The van der Waals surface area contributed by atoms with E-state index >= 15 is 0 Å². The van der Waals surface area contributed by atoms with Crippen molar-refractivity contribution < 1.29 is 9.53 Å². The number of ether oxygens (including phenoxy) is 1. The third-order valence-electron chi connectivity index (χ3n) is 4.78. The van der Waals surface area contributed by atoms with Gasteiger partial charge in [0, 0.05) is 19.6 Å². The van der Waals surface area contributed by atoms with E-state index in [0.717, 1.165) is 51.3 Å². The maximum atomic E-state index is 11.3. The van der Waals surface area contributed by atoms with Crippen LogP contribution in [0.5, 0.6) is 0 Å².